The summed E-state index contributed by atoms with van der Waals surface area (Å²) in [6.07, 6.45) is 7.73. The smallest absolute Gasteiger partial charge is 0.116 e. The molecule has 1 heterocycles. The number of hydrogen-bond donors (Lipinski definition) is 1. The molecule has 0 unspecified atom stereocenters. The number of fused-ring (bicyclic) bond motifs is 1. The molecule has 0 spiro atoms. The average Bonchev–Trinajstić information content (AvgIpc) is 2.65. The van der Waals surface area contributed by atoms with E-state index in [4.69, 9.17) is 0 Å². The van der Waals surface area contributed by atoms with Crippen molar-refractivity contribution in [1.82, 2.24) is 4.90 Å². The van der Waals surface area contributed by atoms with Crippen LogP contribution in [0.25, 0.3) is 11.1 Å². The Balaban J connectivity index is 1.75. The lowest BCUT2D eigenvalue weighted by atomic mass is 9.52. The van der Waals surface area contributed by atoms with Gasteiger partial charge >= 0.3 is 0 Å². The summed E-state index contributed by atoms with van der Waals surface area (Å²) in [5, 5.41) is 10.6. The molecule has 1 saturated carbocycles. The van der Waals surface area contributed by atoms with Crippen LogP contribution in [0.4, 0.5) is 0 Å². The number of phenolic OH excluding ortho intramolecular Hbond substituents is 1. The summed E-state index contributed by atoms with van der Waals surface area (Å²) >= 11 is 0. The number of benzene rings is 2. The molecule has 2 aromatic carbocycles. The molecular formula is C23H27NO. The Hall–Kier alpha value is -1.80. The first kappa shape index (κ1) is 15.5. The van der Waals surface area contributed by atoms with Crippen molar-refractivity contribution in [3.63, 3.8) is 0 Å². The van der Waals surface area contributed by atoms with Crippen LogP contribution in [-0.4, -0.2) is 29.6 Å². The Labute approximate surface area is 150 Å². The molecule has 2 aromatic rings. The van der Waals surface area contributed by atoms with Crippen LogP contribution in [-0.2, 0) is 11.8 Å². The summed E-state index contributed by atoms with van der Waals surface area (Å²) in [6.45, 7) is 1.19. The van der Waals surface area contributed by atoms with E-state index in [9.17, 15) is 5.11 Å². The highest BCUT2D eigenvalue weighted by Gasteiger charge is 2.53. The second kappa shape index (κ2) is 5.60. The van der Waals surface area contributed by atoms with Gasteiger partial charge in [0.15, 0.2) is 0 Å². The summed E-state index contributed by atoms with van der Waals surface area (Å²) in [6, 6.07) is 15.4. The van der Waals surface area contributed by atoms with E-state index in [1.807, 2.05) is 6.07 Å². The Bertz CT molecular complexity index is 799. The van der Waals surface area contributed by atoms with Crippen LogP contribution in [0.15, 0.2) is 42.5 Å². The second-order valence-corrected chi connectivity index (χ2v) is 8.40. The van der Waals surface area contributed by atoms with Crippen LogP contribution in [0.5, 0.6) is 5.75 Å². The third-order valence-corrected chi connectivity index (χ3v) is 7.31. The van der Waals surface area contributed by atoms with Gasteiger partial charge in [0.25, 0.3) is 0 Å². The van der Waals surface area contributed by atoms with Gasteiger partial charge in [0, 0.05) is 11.5 Å². The van der Waals surface area contributed by atoms with Gasteiger partial charge in [-0.2, -0.15) is 0 Å². The first-order valence-electron chi connectivity index (χ1n) is 9.81. The molecule has 25 heavy (non-hydrogen) atoms. The molecule has 2 heteroatoms. The first-order valence-corrected chi connectivity index (χ1v) is 9.81. The maximum absolute atomic E-state index is 10.6. The molecule has 0 aromatic heterocycles. The van der Waals surface area contributed by atoms with Crippen molar-refractivity contribution in [1.29, 1.82) is 0 Å². The lowest BCUT2D eigenvalue weighted by molar-refractivity contribution is 0.00289. The predicted molar refractivity (Wildman–Crippen MR) is 102 cm³/mol. The van der Waals surface area contributed by atoms with Crippen molar-refractivity contribution in [2.75, 3.05) is 13.6 Å². The third kappa shape index (κ3) is 2.20. The van der Waals surface area contributed by atoms with Gasteiger partial charge in [-0.05, 0) is 79.6 Å². The zero-order chi connectivity index (χ0) is 17.0. The number of piperidine rings is 1. The fourth-order valence-electron chi connectivity index (χ4n) is 6.16. The van der Waals surface area contributed by atoms with E-state index in [1.165, 1.54) is 60.9 Å². The van der Waals surface area contributed by atoms with Crippen molar-refractivity contribution >= 4 is 0 Å². The number of likely N-dealkylation sites (tertiary alicyclic amines) is 1. The van der Waals surface area contributed by atoms with Crippen LogP contribution >= 0.6 is 0 Å². The zero-order valence-electron chi connectivity index (χ0n) is 15.0. The minimum absolute atomic E-state index is 0.297. The molecule has 3 aliphatic rings. The monoisotopic (exact) mass is 333 g/mol. The maximum atomic E-state index is 10.6. The highest BCUT2D eigenvalue weighted by atomic mass is 16.3. The van der Waals surface area contributed by atoms with Crippen LogP contribution in [0, 0.1) is 5.92 Å². The molecule has 2 bridgehead atoms. The molecule has 1 N–H and O–H groups in total. The molecular weight excluding hydrogens is 306 g/mol. The molecule has 2 fully saturated rings. The fraction of sp³-hybridized carbons (Fsp3) is 0.478. The fourth-order valence-corrected chi connectivity index (χ4v) is 6.16. The van der Waals surface area contributed by atoms with E-state index in [-0.39, 0.29) is 0 Å². The van der Waals surface area contributed by atoms with Crippen molar-refractivity contribution in [2.45, 2.75) is 50.0 Å². The van der Waals surface area contributed by atoms with Gasteiger partial charge < -0.3 is 10.0 Å². The van der Waals surface area contributed by atoms with Gasteiger partial charge in [0.05, 0.1) is 0 Å². The van der Waals surface area contributed by atoms with Crippen molar-refractivity contribution < 1.29 is 5.11 Å². The lowest BCUT2D eigenvalue weighted by Crippen LogP contribution is -2.59. The average molecular weight is 333 g/mol. The minimum Gasteiger partial charge on any atom is -0.508 e. The molecule has 1 aliphatic heterocycles. The van der Waals surface area contributed by atoms with E-state index in [1.54, 1.807) is 0 Å². The summed E-state index contributed by atoms with van der Waals surface area (Å²) in [5.74, 6) is 1.20. The molecule has 2 aliphatic carbocycles. The van der Waals surface area contributed by atoms with Crippen LogP contribution in [0.3, 0.4) is 0 Å². The lowest BCUT2D eigenvalue weighted by Gasteiger charge is -2.58. The van der Waals surface area contributed by atoms with E-state index < -0.39 is 0 Å². The Morgan fingerprint density at radius 2 is 1.92 bits per heavy atom. The summed E-state index contributed by atoms with van der Waals surface area (Å²) in [7, 11) is 2.32. The quantitative estimate of drug-likeness (QED) is 0.814. The molecule has 2 nitrogen and oxygen atoms in total. The number of hydrogen-bond acceptors (Lipinski definition) is 2. The van der Waals surface area contributed by atoms with Gasteiger partial charge in [-0.25, -0.2) is 0 Å². The molecule has 0 radical (unpaired) electrons. The molecule has 3 atom stereocenters. The van der Waals surface area contributed by atoms with E-state index in [0.717, 1.165) is 12.3 Å². The number of likely N-dealkylation sites (N-methyl/N-ethyl adjacent to an activating group) is 1. The van der Waals surface area contributed by atoms with Crippen molar-refractivity contribution in [2.24, 2.45) is 5.92 Å². The highest BCUT2D eigenvalue weighted by molar-refractivity contribution is 5.72. The van der Waals surface area contributed by atoms with Gasteiger partial charge in [0.2, 0.25) is 0 Å². The molecule has 5 rings (SSSR count). The second-order valence-electron chi connectivity index (χ2n) is 8.40. The van der Waals surface area contributed by atoms with Crippen molar-refractivity contribution in [3.05, 3.63) is 53.6 Å². The predicted octanol–water partition coefficient (Wildman–Crippen LogP) is 4.75. The van der Waals surface area contributed by atoms with Gasteiger partial charge in [0.1, 0.15) is 5.75 Å². The highest BCUT2D eigenvalue weighted by Crippen LogP contribution is 2.57. The standard InChI is InChI=1S/C23H27NO/c1-24-12-11-23-10-6-5-9-20(23)22(24)15-19-18(13-17(25)14-21(19)23)16-7-3-2-4-8-16/h2-4,7-8,13-14,20,22,25H,5-6,9-12,15H2,1H3/t20-,22+,23+/m0/s1. The van der Waals surface area contributed by atoms with E-state index >= 15 is 0 Å². The largest absolute Gasteiger partial charge is 0.508 e. The first-order chi connectivity index (χ1) is 12.2. The maximum Gasteiger partial charge on any atom is 0.116 e. The molecule has 130 valence electrons. The molecule has 1 saturated heterocycles. The van der Waals surface area contributed by atoms with Gasteiger partial charge in [-0.15, -0.1) is 0 Å². The summed E-state index contributed by atoms with van der Waals surface area (Å²) in [4.78, 5) is 2.61. The Morgan fingerprint density at radius 1 is 1.08 bits per heavy atom. The van der Waals surface area contributed by atoms with Crippen LogP contribution in [0.2, 0.25) is 0 Å². The SMILES string of the molecule is CN1CC[C@]23CCCC[C@H]2[C@H]1Cc1c(-c2ccccc2)cc(O)cc13. The number of rotatable bonds is 1. The van der Waals surface area contributed by atoms with E-state index in [0.29, 0.717) is 17.2 Å². The summed E-state index contributed by atoms with van der Waals surface area (Å²) < 4.78 is 0. The number of phenols is 1. The van der Waals surface area contributed by atoms with Crippen molar-refractivity contribution in [3.8, 4) is 16.9 Å². The van der Waals surface area contributed by atoms with Gasteiger partial charge in [-0.3, -0.25) is 0 Å². The molecule has 0 amide bonds. The normalized spacial score (nSPS) is 31.2. The third-order valence-electron chi connectivity index (χ3n) is 7.31. The van der Waals surface area contributed by atoms with Crippen LogP contribution in [0.1, 0.15) is 43.2 Å². The minimum atomic E-state index is 0.297. The van der Waals surface area contributed by atoms with E-state index in [2.05, 4.69) is 48.3 Å². The van der Waals surface area contributed by atoms with Gasteiger partial charge in [-0.1, -0.05) is 43.2 Å². The number of nitrogens with zero attached hydrogens (tertiary/aromatic N) is 1. The topological polar surface area (TPSA) is 23.5 Å². The zero-order valence-corrected chi connectivity index (χ0v) is 15.0. The summed E-state index contributed by atoms with van der Waals surface area (Å²) in [5.41, 5.74) is 5.75. The Morgan fingerprint density at radius 3 is 2.76 bits per heavy atom. The van der Waals surface area contributed by atoms with Crippen LogP contribution < -0.4 is 0 Å². The Kier molecular flexibility index (Phi) is 3.46. The number of aromatic hydroxyl groups is 1.